The molecule has 0 aromatic heterocycles. The van der Waals surface area contributed by atoms with Crippen molar-refractivity contribution in [2.45, 2.75) is 57.3 Å². The van der Waals surface area contributed by atoms with E-state index in [0.29, 0.717) is 26.0 Å². The van der Waals surface area contributed by atoms with E-state index in [0.717, 1.165) is 19.4 Å². The van der Waals surface area contributed by atoms with Gasteiger partial charge in [-0.25, -0.2) is 4.79 Å². The van der Waals surface area contributed by atoms with Crippen molar-refractivity contribution in [2.24, 2.45) is 0 Å². The Hall–Kier alpha value is -1.14. The molecule has 1 amide bonds. The van der Waals surface area contributed by atoms with Crippen molar-refractivity contribution in [3.8, 4) is 0 Å². The maximum absolute atomic E-state index is 12.4. The lowest BCUT2D eigenvalue weighted by atomic mass is 9.99. The number of likely N-dealkylation sites (tertiary alicyclic amines) is 1. The van der Waals surface area contributed by atoms with Crippen LogP contribution in [-0.2, 0) is 19.1 Å². The van der Waals surface area contributed by atoms with Gasteiger partial charge in [-0.1, -0.05) is 0 Å². The summed E-state index contributed by atoms with van der Waals surface area (Å²) in [5, 5.41) is 9.32. The third-order valence-electron chi connectivity index (χ3n) is 4.27. The fourth-order valence-electron chi connectivity index (χ4n) is 2.86. The van der Waals surface area contributed by atoms with Gasteiger partial charge in [-0.2, -0.15) is 0 Å². The van der Waals surface area contributed by atoms with Gasteiger partial charge in [0.05, 0.1) is 12.7 Å². The highest BCUT2D eigenvalue weighted by molar-refractivity contribution is 5.89. The van der Waals surface area contributed by atoms with Crippen LogP contribution in [0.1, 0.15) is 39.5 Å². The molecule has 0 bridgehead atoms. The van der Waals surface area contributed by atoms with Crippen molar-refractivity contribution in [1.29, 1.82) is 0 Å². The lowest BCUT2D eigenvalue weighted by molar-refractivity contribution is -0.161. The summed E-state index contributed by atoms with van der Waals surface area (Å²) in [5.74, 6) is -1.19. The van der Waals surface area contributed by atoms with E-state index in [1.807, 2.05) is 0 Å². The zero-order valence-electron chi connectivity index (χ0n) is 12.1. The normalized spacial score (nSPS) is 31.5. The SMILES string of the molecule is CC(OCC1CCCO1)C(=O)N1CCCC1(C)C(=O)O. The molecule has 3 atom stereocenters. The van der Waals surface area contributed by atoms with E-state index in [2.05, 4.69) is 0 Å². The first-order valence-corrected chi connectivity index (χ1v) is 7.23. The summed E-state index contributed by atoms with van der Waals surface area (Å²) in [6.45, 7) is 4.91. The topological polar surface area (TPSA) is 76.1 Å². The van der Waals surface area contributed by atoms with Crippen molar-refractivity contribution in [1.82, 2.24) is 4.90 Å². The van der Waals surface area contributed by atoms with Crippen molar-refractivity contribution >= 4 is 11.9 Å². The predicted octanol–water partition coefficient (Wildman–Crippen LogP) is 1.04. The minimum atomic E-state index is -1.10. The van der Waals surface area contributed by atoms with Gasteiger partial charge in [0.1, 0.15) is 11.6 Å². The average Bonchev–Trinajstić information content (AvgIpc) is 3.05. The zero-order chi connectivity index (χ0) is 14.8. The summed E-state index contributed by atoms with van der Waals surface area (Å²) in [7, 11) is 0. The summed E-state index contributed by atoms with van der Waals surface area (Å²) >= 11 is 0. The maximum atomic E-state index is 12.4. The number of carboxylic acids is 1. The number of nitrogens with zero attached hydrogens (tertiary/aromatic N) is 1. The third-order valence-corrected chi connectivity index (χ3v) is 4.27. The molecule has 0 spiro atoms. The quantitative estimate of drug-likeness (QED) is 0.816. The van der Waals surface area contributed by atoms with Gasteiger partial charge in [0.15, 0.2) is 0 Å². The number of carboxylic acid groups (broad SMARTS) is 1. The number of ether oxygens (including phenoxy) is 2. The van der Waals surface area contributed by atoms with Gasteiger partial charge in [0, 0.05) is 13.2 Å². The Morgan fingerprint density at radius 1 is 1.50 bits per heavy atom. The molecule has 2 heterocycles. The summed E-state index contributed by atoms with van der Waals surface area (Å²) in [6, 6.07) is 0. The molecular weight excluding hydrogens is 262 g/mol. The second-order valence-electron chi connectivity index (χ2n) is 5.78. The van der Waals surface area contributed by atoms with E-state index < -0.39 is 17.6 Å². The van der Waals surface area contributed by atoms with E-state index in [4.69, 9.17) is 9.47 Å². The molecule has 1 N–H and O–H groups in total. The molecule has 2 saturated heterocycles. The van der Waals surface area contributed by atoms with Gasteiger partial charge in [-0.15, -0.1) is 0 Å². The smallest absolute Gasteiger partial charge is 0.329 e. The van der Waals surface area contributed by atoms with E-state index in [9.17, 15) is 14.7 Å². The first kappa shape index (κ1) is 15.3. The van der Waals surface area contributed by atoms with Crippen LogP contribution in [-0.4, -0.2) is 59.4 Å². The van der Waals surface area contributed by atoms with Crippen LogP contribution in [0.25, 0.3) is 0 Å². The largest absolute Gasteiger partial charge is 0.480 e. The molecular formula is C14H23NO5. The number of hydrogen-bond acceptors (Lipinski definition) is 4. The molecule has 114 valence electrons. The number of hydrogen-bond donors (Lipinski definition) is 1. The minimum absolute atomic E-state index is 0.0645. The van der Waals surface area contributed by atoms with Crippen LogP contribution >= 0.6 is 0 Å². The van der Waals surface area contributed by atoms with Crippen LogP contribution < -0.4 is 0 Å². The Morgan fingerprint density at radius 2 is 2.25 bits per heavy atom. The average molecular weight is 285 g/mol. The molecule has 0 radical (unpaired) electrons. The zero-order valence-corrected chi connectivity index (χ0v) is 12.1. The van der Waals surface area contributed by atoms with E-state index in [1.165, 1.54) is 4.90 Å². The number of carbonyl (C=O) groups is 2. The molecule has 6 nitrogen and oxygen atoms in total. The Bertz CT molecular complexity index is 380. The molecule has 2 fully saturated rings. The Morgan fingerprint density at radius 3 is 2.85 bits per heavy atom. The molecule has 2 aliphatic rings. The summed E-state index contributed by atoms with van der Waals surface area (Å²) in [6.07, 6.45) is 2.63. The van der Waals surface area contributed by atoms with Crippen LogP contribution in [0, 0.1) is 0 Å². The molecule has 6 heteroatoms. The van der Waals surface area contributed by atoms with Gasteiger partial charge in [0.25, 0.3) is 5.91 Å². The van der Waals surface area contributed by atoms with Gasteiger partial charge in [-0.05, 0) is 39.5 Å². The Labute approximate surface area is 119 Å². The first-order valence-electron chi connectivity index (χ1n) is 7.23. The summed E-state index contributed by atoms with van der Waals surface area (Å²) in [4.78, 5) is 25.2. The Balaban J connectivity index is 1.90. The molecule has 3 unspecified atom stereocenters. The molecule has 20 heavy (non-hydrogen) atoms. The highest BCUT2D eigenvalue weighted by Crippen LogP contribution is 2.30. The number of aliphatic carboxylic acids is 1. The standard InChI is InChI=1S/C14H23NO5/c1-10(20-9-11-5-3-8-19-11)12(16)15-7-4-6-14(15,2)13(17)18/h10-11H,3-9H2,1-2H3,(H,17,18). The fourth-order valence-corrected chi connectivity index (χ4v) is 2.86. The number of rotatable bonds is 5. The Kier molecular flexibility index (Phi) is 4.65. The number of amides is 1. The molecule has 2 rings (SSSR count). The van der Waals surface area contributed by atoms with Crippen molar-refractivity contribution in [3.05, 3.63) is 0 Å². The van der Waals surface area contributed by atoms with Crippen LogP contribution in [0.15, 0.2) is 0 Å². The van der Waals surface area contributed by atoms with E-state index >= 15 is 0 Å². The minimum Gasteiger partial charge on any atom is -0.480 e. The fraction of sp³-hybridized carbons (Fsp3) is 0.857. The highest BCUT2D eigenvalue weighted by atomic mass is 16.5. The van der Waals surface area contributed by atoms with Crippen LogP contribution in [0.5, 0.6) is 0 Å². The summed E-state index contributed by atoms with van der Waals surface area (Å²) < 4.78 is 11.0. The lowest BCUT2D eigenvalue weighted by Crippen LogP contribution is -2.53. The molecule has 0 saturated carbocycles. The van der Waals surface area contributed by atoms with Gasteiger partial charge in [-0.3, -0.25) is 4.79 Å². The van der Waals surface area contributed by atoms with E-state index in [1.54, 1.807) is 13.8 Å². The van der Waals surface area contributed by atoms with Crippen molar-refractivity contribution in [2.75, 3.05) is 19.8 Å². The predicted molar refractivity (Wildman–Crippen MR) is 71.4 cm³/mol. The molecule has 2 aliphatic heterocycles. The number of carbonyl (C=O) groups excluding carboxylic acids is 1. The first-order chi connectivity index (χ1) is 9.45. The van der Waals surface area contributed by atoms with Gasteiger partial charge in [0.2, 0.25) is 0 Å². The second-order valence-corrected chi connectivity index (χ2v) is 5.78. The molecule has 0 aromatic carbocycles. The van der Waals surface area contributed by atoms with Gasteiger partial charge >= 0.3 is 5.97 Å². The van der Waals surface area contributed by atoms with Crippen LogP contribution in [0.3, 0.4) is 0 Å². The maximum Gasteiger partial charge on any atom is 0.329 e. The second kappa shape index (κ2) is 6.10. The highest BCUT2D eigenvalue weighted by Gasteiger charge is 2.47. The van der Waals surface area contributed by atoms with Crippen LogP contribution in [0.2, 0.25) is 0 Å². The molecule has 0 aliphatic carbocycles. The van der Waals surface area contributed by atoms with Crippen LogP contribution in [0.4, 0.5) is 0 Å². The third kappa shape index (κ3) is 2.96. The van der Waals surface area contributed by atoms with Crippen molar-refractivity contribution in [3.63, 3.8) is 0 Å². The lowest BCUT2D eigenvalue weighted by Gasteiger charge is -2.33. The van der Waals surface area contributed by atoms with E-state index in [-0.39, 0.29) is 12.0 Å². The van der Waals surface area contributed by atoms with Gasteiger partial charge < -0.3 is 19.5 Å². The van der Waals surface area contributed by atoms with Crippen molar-refractivity contribution < 1.29 is 24.2 Å². The summed E-state index contributed by atoms with van der Waals surface area (Å²) in [5.41, 5.74) is -1.10. The molecule has 0 aromatic rings. The monoisotopic (exact) mass is 285 g/mol.